The SMILES string of the molecule is CNCC(=O)N1CC[C@]2(C[C@@H]1c1ccccc1)CN(CC(C)C)C(=O)N2c1ccccc1.O=C(O)C(F)(F)F. The molecule has 2 aromatic rings. The van der Waals surface area contributed by atoms with Crippen LogP contribution < -0.4 is 10.2 Å². The number of likely N-dealkylation sites (N-methyl/N-ethyl adjacent to an activating group) is 1. The minimum Gasteiger partial charge on any atom is -0.475 e. The monoisotopic (exact) mass is 548 g/mol. The lowest BCUT2D eigenvalue weighted by molar-refractivity contribution is -0.192. The van der Waals surface area contributed by atoms with Gasteiger partial charge in [-0.1, -0.05) is 62.4 Å². The average Bonchev–Trinajstić information content (AvgIpc) is 3.14. The zero-order valence-electron chi connectivity index (χ0n) is 22.3. The first-order valence-electron chi connectivity index (χ1n) is 12.8. The van der Waals surface area contributed by atoms with Crippen LogP contribution in [-0.4, -0.2) is 77.8 Å². The third kappa shape index (κ3) is 7.08. The van der Waals surface area contributed by atoms with Crippen LogP contribution in [0.25, 0.3) is 0 Å². The largest absolute Gasteiger partial charge is 0.490 e. The van der Waals surface area contributed by atoms with Crippen molar-refractivity contribution in [2.24, 2.45) is 5.92 Å². The van der Waals surface area contributed by atoms with Crippen molar-refractivity contribution in [3.8, 4) is 0 Å². The van der Waals surface area contributed by atoms with Gasteiger partial charge in [0.15, 0.2) is 0 Å². The number of aliphatic carboxylic acids is 1. The molecular formula is C28H35F3N4O4. The molecule has 1 spiro atoms. The molecule has 2 aliphatic heterocycles. The van der Waals surface area contributed by atoms with Crippen LogP contribution in [0.5, 0.6) is 0 Å². The Morgan fingerprint density at radius 2 is 1.64 bits per heavy atom. The van der Waals surface area contributed by atoms with E-state index >= 15 is 0 Å². The number of halogens is 3. The van der Waals surface area contributed by atoms with Gasteiger partial charge in [-0.15, -0.1) is 0 Å². The summed E-state index contributed by atoms with van der Waals surface area (Å²) in [5.41, 5.74) is 1.72. The topological polar surface area (TPSA) is 93.2 Å². The van der Waals surface area contributed by atoms with Gasteiger partial charge in [-0.3, -0.25) is 9.69 Å². The van der Waals surface area contributed by atoms with Gasteiger partial charge in [-0.25, -0.2) is 9.59 Å². The summed E-state index contributed by atoms with van der Waals surface area (Å²) >= 11 is 0. The van der Waals surface area contributed by atoms with Crippen LogP contribution in [0.2, 0.25) is 0 Å². The highest BCUT2D eigenvalue weighted by Gasteiger charge is 2.54. The highest BCUT2D eigenvalue weighted by atomic mass is 19.4. The molecule has 0 aromatic heterocycles. The predicted octanol–water partition coefficient (Wildman–Crippen LogP) is 4.54. The summed E-state index contributed by atoms with van der Waals surface area (Å²) in [5, 5.41) is 10.1. The number of carboxylic acids is 1. The van der Waals surface area contributed by atoms with Crippen LogP contribution in [0, 0.1) is 5.92 Å². The number of rotatable bonds is 6. The zero-order chi connectivity index (χ0) is 28.8. The first kappa shape index (κ1) is 29.9. The van der Waals surface area contributed by atoms with Crippen molar-refractivity contribution < 1.29 is 32.7 Å². The molecule has 0 unspecified atom stereocenters. The molecule has 3 amide bonds. The number of amides is 3. The number of carboxylic acid groups (broad SMARTS) is 1. The summed E-state index contributed by atoms with van der Waals surface area (Å²) in [6, 6.07) is 20.3. The van der Waals surface area contributed by atoms with E-state index in [2.05, 4.69) is 31.3 Å². The van der Waals surface area contributed by atoms with Crippen molar-refractivity contribution in [2.75, 3.05) is 38.1 Å². The minimum atomic E-state index is -5.08. The van der Waals surface area contributed by atoms with E-state index in [0.29, 0.717) is 25.6 Å². The second kappa shape index (κ2) is 12.5. The number of benzene rings is 2. The molecule has 2 aliphatic rings. The fraction of sp³-hybridized carbons (Fsp3) is 0.464. The molecule has 2 heterocycles. The van der Waals surface area contributed by atoms with Crippen molar-refractivity contribution in [1.82, 2.24) is 15.1 Å². The second-order valence-corrected chi connectivity index (χ2v) is 10.3. The normalized spacial score (nSPS) is 21.3. The molecule has 2 aromatic carbocycles. The number of carbonyl (C=O) groups excluding carboxylic acids is 2. The minimum absolute atomic E-state index is 0.0659. The van der Waals surface area contributed by atoms with E-state index < -0.39 is 12.1 Å². The van der Waals surface area contributed by atoms with Gasteiger partial charge in [-0.2, -0.15) is 13.2 Å². The number of nitrogens with zero attached hydrogens (tertiary/aromatic N) is 3. The molecule has 0 saturated carbocycles. The number of likely N-dealkylation sites (tertiary alicyclic amines) is 1. The number of anilines is 1. The molecule has 0 bridgehead atoms. The molecule has 11 heteroatoms. The maximum atomic E-state index is 13.6. The van der Waals surface area contributed by atoms with E-state index in [1.807, 2.05) is 63.2 Å². The summed E-state index contributed by atoms with van der Waals surface area (Å²) in [6.07, 6.45) is -3.59. The number of hydrogen-bond acceptors (Lipinski definition) is 4. The van der Waals surface area contributed by atoms with Crippen molar-refractivity contribution in [3.05, 3.63) is 66.2 Å². The molecule has 2 saturated heterocycles. The van der Waals surface area contributed by atoms with Crippen LogP contribution in [0.4, 0.5) is 23.7 Å². The third-order valence-corrected chi connectivity index (χ3v) is 6.86. The fourth-order valence-corrected chi connectivity index (χ4v) is 5.31. The second-order valence-electron chi connectivity index (χ2n) is 10.3. The number of para-hydroxylation sites is 1. The van der Waals surface area contributed by atoms with Crippen LogP contribution in [-0.2, 0) is 9.59 Å². The van der Waals surface area contributed by atoms with Gasteiger partial charge >= 0.3 is 18.2 Å². The Bertz CT molecular complexity index is 1130. The standard InChI is InChI=1S/C26H34N4O2.C2HF3O2/c1-20(2)18-28-19-26(30(25(28)32)22-12-8-5-9-13-22)14-15-29(24(31)17-27-3)23(16-26)21-10-6-4-7-11-21;3-2(4,5)1(6)7/h4-13,20,23,27H,14-19H2,1-3H3;(H,6,7)/t23-,26+;/m1./s1. The van der Waals surface area contributed by atoms with E-state index in [1.165, 1.54) is 0 Å². The van der Waals surface area contributed by atoms with Gasteiger partial charge in [0.2, 0.25) is 5.91 Å². The van der Waals surface area contributed by atoms with E-state index in [4.69, 9.17) is 9.90 Å². The number of hydrogen-bond donors (Lipinski definition) is 2. The molecular weight excluding hydrogens is 513 g/mol. The van der Waals surface area contributed by atoms with E-state index in [0.717, 1.165) is 30.6 Å². The van der Waals surface area contributed by atoms with Crippen LogP contribution in [0.1, 0.15) is 38.3 Å². The number of piperidine rings is 1. The Labute approximate surface area is 226 Å². The highest BCUT2D eigenvalue weighted by Crippen LogP contribution is 2.45. The van der Waals surface area contributed by atoms with Crippen molar-refractivity contribution in [2.45, 2.75) is 44.4 Å². The third-order valence-electron chi connectivity index (χ3n) is 6.86. The Kier molecular flexibility index (Phi) is 9.60. The quantitative estimate of drug-likeness (QED) is 0.553. The lowest BCUT2D eigenvalue weighted by Gasteiger charge is -2.48. The molecule has 2 N–H and O–H groups in total. The Hall–Kier alpha value is -3.60. The number of alkyl halides is 3. The van der Waals surface area contributed by atoms with Gasteiger partial charge < -0.3 is 20.2 Å². The van der Waals surface area contributed by atoms with E-state index in [1.54, 1.807) is 7.05 Å². The van der Waals surface area contributed by atoms with E-state index in [-0.39, 0.29) is 23.5 Å². The lowest BCUT2D eigenvalue weighted by Crippen LogP contribution is -2.57. The molecule has 39 heavy (non-hydrogen) atoms. The summed E-state index contributed by atoms with van der Waals surface area (Å²) in [7, 11) is 1.80. The average molecular weight is 549 g/mol. The Balaban J connectivity index is 0.000000532. The zero-order valence-corrected chi connectivity index (χ0v) is 22.3. The molecule has 0 radical (unpaired) electrons. The van der Waals surface area contributed by atoms with Gasteiger partial charge in [0.25, 0.3) is 0 Å². The summed E-state index contributed by atoms with van der Waals surface area (Å²) in [6.45, 7) is 6.68. The molecule has 8 nitrogen and oxygen atoms in total. The molecule has 4 rings (SSSR count). The maximum absolute atomic E-state index is 13.6. The van der Waals surface area contributed by atoms with Crippen molar-refractivity contribution >= 4 is 23.6 Å². The highest BCUT2D eigenvalue weighted by molar-refractivity contribution is 5.96. The first-order chi connectivity index (χ1) is 18.4. The summed E-state index contributed by atoms with van der Waals surface area (Å²) < 4.78 is 31.7. The molecule has 212 valence electrons. The fourth-order valence-electron chi connectivity index (χ4n) is 5.31. The van der Waals surface area contributed by atoms with Gasteiger partial charge in [0.1, 0.15) is 0 Å². The Morgan fingerprint density at radius 3 is 2.15 bits per heavy atom. The van der Waals surface area contributed by atoms with Crippen LogP contribution >= 0.6 is 0 Å². The van der Waals surface area contributed by atoms with E-state index in [9.17, 15) is 22.8 Å². The summed E-state index contributed by atoms with van der Waals surface area (Å²) in [4.78, 5) is 41.5. The number of urea groups is 1. The molecule has 2 fully saturated rings. The Morgan fingerprint density at radius 1 is 1.08 bits per heavy atom. The molecule has 0 aliphatic carbocycles. The lowest BCUT2D eigenvalue weighted by atomic mass is 9.79. The summed E-state index contributed by atoms with van der Waals surface area (Å²) in [5.74, 6) is -2.26. The number of nitrogens with one attached hydrogen (secondary N) is 1. The smallest absolute Gasteiger partial charge is 0.475 e. The predicted molar refractivity (Wildman–Crippen MR) is 141 cm³/mol. The van der Waals surface area contributed by atoms with Gasteiger partial charge in [0.05, 0.1) is 18.1 Å². The maximum Gasteiger partial charge on any atom is 0.490 e. The van der Waals surface area contributed by atoms with Gasteiger partial charge in [-0.05, 0) is 43.5 Å². The van der Waals surface area contributed by atoms with Crippen LogP contribution in [0.3, 0.4) is 0 Å². The van der Waals surface area contributed by atoms with Crippen molar-refractivity contribution in [3.63, 3.8) is 0 Å². The van der Waals surface area contributed by atoms with Crippen LogP contribution in [0.15, 0.2) is 60.7 Å². The molecule has 2 atom stereocenters. The van der Waals surface area contributed by atoms with Crippen molar-refractivity contribution in [1.29, 1.82) is 0 Å². The number of carbonyl (C=O) groups is 3. The first-order valence-corrected chi connectivity index (χ1v) is 12.8. The van der Waals surface area contributed by atoms with Gasteiger partial charge in [0, 0.05) is 25.3 Å².